The molecule has 0 amide bonds. The summed E-state index contributed by atoms with van der Waals surface area (Å²) >= 11 is 0. The Labute approximate surface area is 214 Å². The number of hydrogen-bond acceptors (Lipinski definition) is 5. The van der Waals surface area contributed by atoms with Crippen molar-refractivity contribution in [3.63, 3.8) is 0 Å². The minimum absolute atomic E-state index is 0.244. The molecular formula is C31H38O5. The number of phenols is 1. The molecule has 0 aliphatic rings. The highest BCUT2D eigenvalue weighted by molar-refractivity contribution is 6.00. The second-order valence-corrected chi connectivity index (χ2v) is 11.2. The largest absolute Gasteiger partial charge is 0.507 e. The van der Waals surface area contributed by atoms with Crippen molar-refractivity contribution < 1.29 is 24.5 Å². The van der Waals surface area contributed by atoms with Crippen molar-refractivity contribution in [1.29, 1.82) is 0 Å². The summed E-state index contributed by atoms with van der Waals surface area (Å²) in [5.41, 5.74) is 2.60. The summed E-state index contributed by atoms with van der Waals surface area (Å²) in [4.78, 5) is 13.6. The second kappa shape index (κ2) is 10.4. The molecule has 0 aliphatic heterocycles. The van der Waals surface area contributed by atoms with E-state index in [0.29, 0.717) is 22.6 Å². The molecule has 192 valence electrons. The smallest absolute Gasteiger partial charge is 0.192 e. The third-order valence-corrected chi connectivity index (χ3v) is 6.54. The van der Waals surface area contributed by atoms with Crippen molar-refractivity contribution >= 4 is 5.78 Å². The van der Waals surface area contributed by atoms with Gasteiger partial charge in [0.2, 0.25) is 0 Å². The zero-order chi connectivity index (χ0) is 26.8. The fourth-order valence-corrected chi connectivity index (χ4v) is 4.51. The highest BCUT2D eigenvalue weighted by Gasteiger charge is 2.35. The van der Waals surface area contributed by atoms with Crippen LogP contribution in [0.3, 0.4) is 0 Å². The number of para-hydroxylation sites is 1. The van der Waals surface area contributed by atoms with Crippen molar-refractivity contribution in [2.45, 2.75) is 64.4 Å². The lowest BCUT2D eigenvalue weighted by molar-refractivity contribution is 0.0713. The second-order valence-electron chi connectivity index (χ2n) is 11.2. The van der Waals surface area contributed by atoms with E-state index in [9.17, 15) is 15.0 Å². The molecule has 0 saturated heterocycles. The highest BCUT2D eigenvalue weighted by Crippen LogP contribution is 2.44. The first-order chi connectivity index (χ1) is 16.8. The van der Waals surface area contributed by atoms with Gasteiger partial charge in [-0.1, -0.05) is 71.9 Å². The van der Waals surface area contributed by atoms with E-state index in [1.807, 2.05) is 77.9 Å². The summed E-state index contributed by atoms with van der Waals surface area (Å²) in [6, 6.07) is 17.9. The number of ether oxygens (including phenoxy) is 2. The predicted molar refractivity (Wildman–Crippen MR) is 144 cm³/mol. The maximum absolute atomic E-state index is 13.6. The summed E-state index contributed by atoms with van der Waals surface area (Å²) in [6.45, 7) is 12.2. The minimum Gasteiger partial charge on any atom is -0.507 e. The fraction of sp³-hybridized carbons (Fsp3) is 0.387. The number of benzene rings is 3. The topological polar surface area (TPSA) is 76.0 Å². The molecule has 0 aromatic heterocycles. The number of aromatic hydroxyl groups is 1. The monoisotopic (exact) mass is 490 g/mol. The van der Waals surface area contributed by atoms with Crippen LogP contribution in [0.5, 0.6) is 17.2 Å². The maximum atomic E-state index is 13.6. The molecule has 0 unspecified atom stereocenters. The number of carbonyl (C=O) groups excluding carboxylic acids is 1. The van der Waals surface area contributed by atoms with E-state index in [1.165, 1.54) is 0 Å². The molecule has 2 N–H and O–H groups in total. The van der Waals surface area contributed by atoms with Gasteiger partial charge in [0, 0.05) is 17.0 Å². The molecule has 5 nitrogen and oxygen atoms in total. The van der Waals surface area contributed by atoms with E-state index >= 15 is 0 Å². The summed E-state index contributed by atoms with van der Waals surface area (Å²) in [6.07, 6.45) is -1.39. The predicted octanol–water partition coefficient (Wildman–Crippen LogP) is 6.38. The third-order valence-electron chi connectivity index (χ3n) is 6.54. The molecule has 0 radical (unpaired) electrons. The van der Waals surface area contributed by atoms with Crippen LogP contribution in [0.1, 0.15) is 80.1 Å². The Morgan fingerprint density at radius 3 is 1.81 bits per heavy atom. The van der Waals surface area contributed by atoms with Crippen LogP contribution in [0.25, 0.3) is 0 Å². The van der Waals surface area contributed by atoms with Gasteiger partial charge in [-0.05, 0) is 57.9 Å². The zero-order valence-corrected chi connectivity index (χ0v) is 22.5. The van der Waals surface area contributed by atoms with Gasteiger partial charge in [0.25, 0.3) is 0 Å². The summed E-state index contributed by atoms with van der Waals surface area (Å²) in [5, 5.41) is 22.9. The van der Waals surface area contributed by atoms with Gasteiger partial charge in [0.15, 0.2) is 5.78 Å². The number of hydrogen-bond donors (Lipinski definition) is 2. The molecule has 3 rings (SSSR count). The van der Waals surface area contributed by atoms with Gasteiger partial charge >= 0.3 is 0 Å². The Kier molecular flexibility index (Phi) is 7.85. The fourth-order valence-electron chi connectivity index (χ4n) is 4.51. The van der Waals surface area contributed by atoms with Crippen LogP contribution in [-0.2, 0) is 10.8 Å². The van der Waals surface area contributed by atoms with Gasteiger partial charge in [-0.15, -0.1) is 0 Å². The van der Waals surface area contributed by atoms with Crippen LogP contribution < -0.4 is 9.47 Å². The zero-order valence-electron chi connectivity index (χ0n) is 22.5. The van der Waals surface area contributed by atoms with Crippen molar-refractivity contribution in [3.8, 4) is 17.2 Å². The lowest BCUT2D eigenvalue weighted by Gasteiger charge is -2.31. The van der Waals surface area contributed by atoms with Crippen LogP contribution in [0.4, 0.5) is 0 Å². The third kappa shape index (κ3) is 5.57. The first kappa shape index (κ1) is 27.3. The number of Topliss-reactive ketones (excluding diaryl/α,β-unsaturated/α-hetero) is 1. The van der Waals surface area contributed by atoms with Gasteiger partial charge in [0.1, 0.15) is 23.4 Å². The van der Waals surface area contributed by atoms with E-state index < -0.39 is 17.8 Å². The standard InChI is InChI=1S/C31H38O5/c1-30(2,3)23-17-20(18-24(28(23)33)31(4,5)6)26(22-11-9-10-12-25(22)36-8)29(34)27(32)19-13-15-21(35-7)16-14-19/h9-18,26,29,33-34H,1-8H3/t26-,29-/m1/s1. The Morgan fingerprint density at radius 2 is 1.33 bits per heavy atom. The lowest BCUT2D eigenvalue weighted by Crippen LogP contribution is -2.30. The molecule has 3 aromatic carbocycles. The average Bonchev–Trinajstić information content (AvgIpc) is 2.83. The summed E-state index contributed by atoms with van der Waals surface area (Å²) in [5.74, 6) is 0.320. The molecule has 36 heavy (non-hydrogen) atoms. The molecule has 0 bridgehead atoms. The number of rotatable bonds is 7. The van der Waals surface area contributed by atoms with Crippen molar-refractivity contribution in [2.24, 2.45) is 0 Å². The van der Waals surface area contributed by atoms with E-state index in [-0.39, 0.29) is 16.6 Å². The van der Waals surface area contributed by atoms with Crippen molar-refractivity contribution in [1.82, 2.24) is 0 Å². The van der Waals surface area contributed by atoms with Crippen LogP contribution >= 0.6 is 0 Å². The van der Waals surface area contributed by atoms with Crippen LogP contribution in [0, 0.1) is 0 Å². The van der Waals surface area contributed by atoms with Gasteiger partial charge < -0.3 is 19.7 Å². The SMILES string of the molecule is COc1ccc(C(=O)[C@H](O)[C@H](c2cc(C(C)(C)C)c(O)c(C(C)(C)C)c2)c2ccccc2OC)cc1. The quantitative estimate of drug-likeness (QED) is 0.376. The number of phenolic OH excluding ortho intramolecular Hbond substituents is 1. The highest BCUT2D eigenvalue weighted by atomic mass is 16.5. The molecule has 2 atom stereocenters. The first-order valence-electron chi connectivity index (χ1n) is 12.2. The average molecular weight is 491 g/mol. The number of aliphatic hydroxyl groups is 1. The van der Waals surface area contributed by atoms with Gasteiger partial charge in [0.05, 0.1) is 14.2 Å². The molecule has 5 heteroatoms. The van der Waals surface area contributed by atoms with Crippen LogP contribution in [0.2, 0.25) is 0 Å². The van der Waals surface area contributed by atoms with Crippen LogP contribution in [0.15, 0.2) is 60.7 Å². The van der Waals surface area contributed by atoms with Gasteiger partial charge in [-0.3, -0.25) is 4.79 Å². The first-order valence-corrected chi connectivity index (χ1v) is 12.2. The van der Waals surface area contributed by atoms with Crippen molar-refractivity contribution in [3.05, 3.63) is 88.5 Å². The molecular weight excluding hydrogens is 452 g/mol. The Morgan fingerprint density at radius 1 is 0.806 bits per heavy atom. The van der Waals surface area contributed by atoms with Gasteiger partial charge in [-0.25, -0.2) is 0 Å². The Bertz CT molecular complexity index is 1180. The Hall–Kier alpha value is -3.31. The lowest BCUT2D eigenvalue weighted by atomic mass is 9.74. The molecule has 0 heterocycles. The maximum Gasteiger partial charge on any atom is 0.192 e. The van der Waals surface area contributed by atoms with Crippen molar-refractivity contribution in [2.75, 3.05) is 14.2 Å². The number of carbonyl (C=O) groups is 1. The van der Waals surface area contributed by atoms with E-state index in [1.54, 1.807) is 38.5 Å². The molecule has 0 aliphatic carbocycles. The van der Waals surface area contributed by atoms with E-state index in [2.05, 4.69) is 0 Å². The number of ketones is 1. The van der Waals surface area contributed by atoms with E-state index in [0.717, 1.165) is 16.7 Å². The van der Waals surface area contributed by atoms with Crippen LogP contribution in [-0.4, -0.2) is 36.3 Å². The summed E-state index contributed by atoms with van der Waals surface area (Å²) < 4.78 is 10.9. The molecule has 0 fully saturated rings. The molecule has 0 saturated carbocycles. The minimum atomic E-state index is -1.39. The normalized spacial score (nSPS) is 13.7. The van der Waals surface area contributed by atoms with Gasteiger partial charge in [-0.2, -0.15) is 0 Å². The Balaban J connectivity index is 2.28. The van der Waals surface area contributed by atoms with E-state index in [4.69, 9.17) is 9.47 Å². The molecule has 0 spiro atoms. The molecule has 3 aromatic rings. The number of methoxy groups -OCH3 is 2. The number of aliphatic hydroxyl groups excluding tert-OH is 1. The summed E-state index contributed by atoms with van der Waals surface area (Å²) in [7, 11) is 3.14.